The molecule has 1 N–H and O–H groups in total. The molecule has 0 radical (unpaired) electrons. The molecule has 4 nitrogen and oxygen atoms in total. The SMILES string of the molecule is C/C=C/c1nc(-c2ccc(OC)cc2)c(-c2ccc(OC)cc2)[nH]1. The largest absolute Gasteiger partial charge is 0.497 e. The molecule has 0 saturated carbocycles. The molecule has 1 heterocycles. The summed E-state index contributed by atoms with van der Waals surface area (Å²) in [6.45, 7) is 1.97. The summed E-state index contributed by atoms with van der Waals surface area (Å²) >= 11 is 0. The lowest BCUT2D eigenvalue weighted by molar-refractivity contribution is 0.414. The smallest absolute Gasteiger partial charge is 0.130 e. The van der Waals surface area contributed by atoms with E-state index < -0.39 is 0 Å². The molecule has 0 saturated heterocycles. The van der Waals surface area contributed by atoms with E-state index in [2.05, 4.69) is 4.98 Å². The zero-order valence-electron chi connectivity index (χ0n) is 14.0. The number of aromatic nitrogens is 2. The Morgan fingerprint density at radius 3 is 1.88 bits per heavy atom. The van der Waals surface area contributed by atoms with Crippen LogP contribution in [0.3, 0.4) is 0 Å². The molecule has 0 spiro atoms. The lowest BCUT2D eigenvalue weighted by atomic mass is 10.0. The topological polar surface area (TPSA) is 47.1 Å². The highest BCUT2D eigenvalue weighted by molar-refractivity contribution is 5.80. The van der Waals surface area contributed by atoms with Crippen LogP contribution in [0, 0.1) is 0 Å². The van der Waals surface area contributed by atoms with Gasteiger partial charge in [0.15, 0.2) is 0 Å². The molecule has 24 heavy (non-hydrogen) atoms. The van der Waals surface area contributed by atoms with Gasteiger partial charge in [-0.05, 0) is 61.5 Å². The van der Waals surface area contributed by atoms with Gasteiger partial charge >= 0.3 is 0 Å². The fourth-order valence-corrected chi connectivity index (χ4v) is 2.55. The summed E-state index contributed by atoms with van der Waals surface area (Å²) in [6.07, 6.45) is 3.93. The predicted molar refractivity (Wildman–Crippen MR) is 97.3 cm³/mol. The first kappa shape index (κ1) is 15.9. The molecule has 0 bridgehead atoms. The van der Waals surface area contributed by atoms with Gasteiger partial charge in [0.1, 0.15) is 17.3 Å². The van der Waals surface area contributed by atoms with E-state index in [1.165, 1.54) is 0 Å². The van der Waals surface area contributed by atoms with Crippen molar-refractivity contribution in [3.8, 4) is 34.0 Å². The van der Waals surface area contributed by atoms with Gasteiger partial charge in [-0.3, -0.25) is 0 Å². The van der Waals surface area contributed by atoms with E-state index >= 15 is 0 Å². The number of hydrogen-bond donors (Lipinski definition) is 1. The molecule has 0 aliphatic rings. The van der Waals surface area contributed by atoms with Crippen molar-refractivity contribution < 1.29 is 9.47 Å². The van der Waals surface area contributed by atoms with Gasteiger partial charge in [0.2, 0.25) is 0 Å². The van der Waals surface area contributed by atoms with Gasteiger partial charge < -0.3 is 14.5 Å². The Hall–Kier alpha value is -3.01. The van der Waals surface area contributed by atoms with Crippen LogP contribution in [0.4, 0.5) is 0 Å². The fourth-order valence-electron chi connectivity index (χ4n) is 2.55. The number of imidazole rings is 1. The fraction of sp³-hybridized carbons (Fsp3) is 0.150. The summed E-state index contributed by atoms with van der Waals surface area (Å²) in [5, 5.41) is 0. The molecule has 4 heteroatoms. The highest BCUT2D eigenvalue weighted by atomic mass is 16.5. The van der Waals surface area contributed by atoms with Crippen molar-refractivity contribution in [1.82, 2.24) is 9.97 Å². The van der Waals surface area contributed by atoms with Gasteiger partial charge in [-0.15, -0.1) is 0 Å². The van der Waals surface area contributed by atoms with Gasteiger partial charge in [0.25, 0.3) is 0 Å². The summed E-state index contributed by atoms with van der Waals surface area (Å²) in [5.74, 6) is 2.49. The van der Waals surface area contributed by atoms with Gasteiger partial charge in [-0.25, -0.2) is 4.98 Å². The number of H-pyrrole nitrogens is 1. The summed E-state index contributed by atoms with van der Waals surface area (Å²) < 4.78 is 10.5. The van der Waals surface area contributed by atoms with E-state index in [9.17, 15) is 0 Å². The van der Waals surface area contributed by atoms with Gasteiger partial charge in [-0.1, -0.05) is 6.08 Å². The molecule has 2 aromatic carbocycles. The number of methoxy groups -OCH3 is 2. The first-order chi connectivity index (χ1) is 11.7. The van der Waals surface area contributed by atoms with E-state index in [1.54, 1.807) is 14.2 Å². The van der Waals surface area contributed by atoms with Crippen molar-refractivity contribution in [3.05, 3.63) is 60.4 Å². The van der Waals surface area contributed by atoms with Crippen molar-refractivity contribution >= 4 is 6.08 Å². The molecule has 122 valence electrons. The Balaban J connectivity index is 2.09. The Bertz CT molecular complexity index is 766. The highest BCUT2D eigenvalue weighted by Gasteiger charge is 2.13. The average molecular weight is 320 g/mol. The Morgan fingerprint density at radius 2 is 1.38 bits per heavy atom. The Labute approximate surface area is 141 Å². The number of benzene rings is 2. The van der Waals surface area contributed by atoms with E-state index in [-0.39, 0.29) is 0 Å². The van der Waals surface area contributed by atoms with Crippen LogP contribution in [0.1, 0.15) is 12.7 Å². The monoisotopic (exact) mass is 320 g/mol. The van der Waals surface area contributed by atoms with Crippen molar-refractivity contribution in [1.29, 1.82) is 0 Å². The summed E-state index contributed by atoms with van der Waals surface area (Å²) in [5.41, 5.74) is 3.99. The maximum Gasteiger partial charge on any atom is 0.130 e. The molecular formula is C20H20N2O2. The third-order valence-corrected chi connectivity index (χ3v) is 3.79. The standard InChI is InChI=1S/C20H20N2O2/c1-4-5-18-21-19(14-6-10-16(23-2)11-7-14)20(22-18)15-8-12-17(24-3)13-9-15/h4-13H,1-3H3,(H,21,22)/b5-4+. The third-order valence-electron chi connectivity index (χ3n) is 3.79. The van der Waals surface area contributed by atoms with E-state index in [0.717, 1.165) is 39.8 Å². The summed E-state index contributed by atoms with van der Waals surface area (Å²) in [7, 11) is 3.33. The average Bonchev–Trinajstić information content (AvgIpc) is 3.06. The minimum Gasteiger partial charge on any atom is -0.497 e. The van der Waals surface area contributed by atoms with Crippen molar-refractivity contribution in [3.63, 3.8) is 0 Å². The number of rotatable bonds is 5. The zero-order chi connectivity index (χ0) is 16.9. The van der Waals surface area contributed by atoms with Crippen molar-refractivity contribution in [2.45, 2.75) is 6.92 Å². The van der Waals surface area contributed by atoms with E-state index in [4.69, 9.17) is 14.5 Å². The second-order valence-corrected chi connectivity index (χ2v) is 5.30. The second-order valence-electron chi connectivity index (χ2n) is 5.30. The van der Waals surface area contributed by atoms with Crippen LogP contribution >= 0.6 is 0 Å². The molecule has 0 fully saturated rings. The quantitative estimate of drug-likeness (QED) is 0.735. The van der Waals surface area contributed by atoms with E-state index in [0.29, 0.717) is 0 Å². The van der Waals surface area contributed by atoms with Crippen molar-refractivity contribution in [2.75, 3.05) is 14.2 Å². The first-order valence-corrected chi connectivity index (χ1v) is 7.76. The lowest BCUT2D eigenvalue weighted by Gasteiger charge is -2.06. The van der Waals surface area contributed by atoms with Crippen LogP contribution in [-0.4, -0.2) is 24.2 Å². The van der Waals surface area contributed by atoms with Crippen LogP contribution in [-0.2, 0) is 0 Å². The number of aromatic amines is 1. The lowest BCUT2D eigenvalue weighted by Crippen LogP contribution is -1.87. The number of nitrogens with one attached hydrogen (secondary N) is 1. The summed E-state index contributed by atoms with van der Waals surface area (Å²) in [4.78, 5) is 8.12. The third kappa shape index (κ3) is 3.18. The van der Waals surface area contributed by atoms with Gasteiger partial charge in [-0.2, -0.15) is 0 Å². The second kappa shape index (κ2) is 7.04. The number of ether oxygens (including phenoxy) is 2. The molecule has 0 amide bonds. The minimum absolute atomic E-state index is 0.828. The summed E-state index contributed by atoms with van der Waals surface area (Å²) in [6, 6.07) is 15.9. The zero-order valence-corrected chi connectivity index (χ0v) is 14.0. The molecule has 0 unspecified atom stereocenters. The normalized spacial score (nSPS) is 11.0. The molecule has 0 atom stereocenters. The number of nitrogens with zero attached hydrogens (tertiary/aromatic N) is 1. The predicted octanol–water partition coefficient (Wildman–Crippen LogP) is 4.79. The van der Waals surface area contributed by atoms with Crippen LogP contribution < -0.4 is 9.47 Å². The van der Waals surface area contributed by atoms with Gasteiger partial charge in [0, 0.05) is 11.1 Å². The Morgan fingerprint density at radius 1 is 0.833 bits per heavy atom. The molecule has 0 aliphatic carbocycles. The van der Waals surface area contributed by atoms with Crippen molar-refractivity contribution in [2.24, 2.45) is 0 Å². The molecule has 3 aromatic rings. The maximum absolute atomic E-state index is 5.24. The van der Waals surface area contributed by atoms with E-state index in [1.807, 2.05) is 67.6 Å². The Kier molecular flexibility index (Phi) is 4.66. The molecular weight excluding hydrogens is 300 g/mol. The first-order valence-electron chi connectivity index (χ1n) is 7.76. The highest BCUT2D eigenvalue weighted by Crippen LogP contribution is 2.32. The van der Waals surface area contributed by atoms with Crippen LogP contribution in [0.5, 0.6) is 11.5 Å². The van der Waals surface area contributed by atoms with Crippen LogP contribution in [0.15, 0.2) is 54.6 Å². The maximum atomic E-state index is 5.24. The molecule has 0 aliphatic heterocycles. The molecule has 3 rings (SSSR count). The number of allylic oxidation sites excluding steroid dienone is 1. The number of hydrogen-bond acceptors (Lipinski definition) is 3. The van der Waals surface area contributed by atoms with Crippen LogP contribution in [0.2, 0.25) is 0 Å². The van der Waals surface area contributed by atoms with Crippen LogP contribution in [0.25, 0.3) is 28.6 Å². The minimum atomic E-state index is 0.828. The van der Waals surface area contributed by atoms with Gasteiger partial charge in [0.05, 0.1) is 25.6 Å². The molecule has 1 aromatic heterocycles.